The number of aliphatic hydroxyl groups excluding tert-OH is 1. The van der Waals surface area contributed by atoms with Crippen LogP contribution in [-0.4, -0.2) is 34.3 Å². The second-order valence-corrected chi connectivity index (χ2v) is 5.10. The minimum absolute atomic E-state index is 0.279. The molecule has 1 aliphatic rings. The Morgan fingerprint density at radius 2 is 2.00 bits per heavy atom. The van der Waals surface area contributed by atoms with Gasteiger partial charge in [0.25, 0.3) is 0 Å². The first-order valence-corrected chi connectivity index (χ1v) is 6.30. The van der Waals surface area contributed by atoms with Gasteiger partial charge in [-0.3, -0.25) is 0 Å². The lowest BCUT2D eigenvalue weighted by Crippen LogP contribution is -2.25. The fourth-order valence-corrected chi connectivity index (χ4v) is 2.43. The van der Waals surface area contributed by atoms with E-state index in [1.165, 1.54) is 0 Å². The Balaban J connectivity index is 2.22. The lowest BCUT2D eigenvalue weighted by atomic mass is 10.0. The van der Waals surface area contributed by atoms with Gasteiger partial charge in [-0.2, -0.15) is 0 Å². The van der Waals surface area contributed by atoms with E-state index in [9.17, 15) is 5.11 Å². The average Bonchev–Trinajstić information content (AvgIpc) is 2.72. The second-order valence-electron chi connectivity index (χ2n) is 4.74. The Labute approximate surface area is 107 Å². The zero-order valence-corrected chi connectivity index (χ0v) is 11.2. The molecule has 0 amide bonds. The number of hydrogen-bond acceptors (Lipinski definition) is 4. The molecule has 2 heterocycles. The molecule has 1 aromatic heterocycles. The predicted octanol–water partition coefficient (Wildman–Crippen LogP) is 1.95. The zero-order chi connectivity index (χ0) is 12.6. The van der Waals surface area contributed by atoms with Gasteiger partial charge in [0, 0.05) is 19.0 Å². The molecule has 2 atom stereocenters. The number of halogens is 1. The SMILES string of the molecule is Cc1nc(Cl)c(N2CCC(C(C)O)C2)nc1C. The lowest BCUT2D eigenvalue weighted by Gasteiger charge is -2.20. The second kappa shape index (κ2) is 4.78. The van der Waals surface area contributed by atoms with E-state index in [4.69, 9.17) is 11.6 Å². The molecule has 1 aromatic rings. The van der Waals surface area contributed by atoms with Gasteiger partial charge in [0.15, 0.2) is 11.0 Å². The molecule has 0 radical (unpaired) electrons. The fraction of sp³-hybridized carbons (Fsp3) is 0.667. The Kier molecular flexibility index (Phi) is 3.54. The van der Waals surface area contributed by atoms with Crippen LogP contribution < -0.4 is 4.90 Å². The van der Waals surface area contributed by atoms with Crippen molar-refractivity contribution in [2.45, 2.75) is 33.3 Å². The highest BCUT2D eigenvalue weighted by molar-refractivity contribution is 6.31. The van der Waals surface area contributed by atoms with E-state index in [1.807, 2.05) is 20.8 Å². The summed E-state index contributed by atoms with van der Waals surface area (Å²) in [7, 11) is 0. The molecule has 5 heteroatoms. The zero-order valence-electron chi connectivity index (χ0n) is 10.4. The number of rotatable bonds is 2. The quantitative estimate of drug-likeness (QED) is 0.878. The third-order valence-electron chi connectivity index (χ3n) is 3.45. The van der Waals surface area contributed by atoms with Crippen LogP contribution in [0.15, 0.2) is 0 Å². The number of aliphatic hydroxyl groups is 1. The summed E-state index contributed by atoms with van der Waals surface area (Å²) in [4.78, 5) is 10.9. The Morgan fingerprint density at radius 1 is 1.35 bits per heavy atom. The van der Waals surface area contributed by atoms with Gasteiger partial charge in [-0.05, 0) is 27.2 Å². The summed E-state index contributed by atoms with van der Waals surface area (Å²) in [6.07, 6.45) is 0.695. The molecule has 1 saturated heterocycles. The molecule has 0 aliphatic carbocycles. The first-order valence-electron chi connectivity index (χ1n) is 5.92. The van der Waals surface area contributed by atoms with Gasteiger partial charge in [-0.15, -0.1) is 0 Å². The van der Waals surface area contributed by atoms with Gasteiger partial charge in [-0.1, -0.05) is 11.6 Å². The minimum atomic E-state index is -0.279. The molecule has 17 heavy (non-hydrogen) atoms. The molecule has 4 nitrogen and oxygen atoms in total. The standard InChI is InChI=1S/C12H18ClN3O/c1-7-8(2)15-12(11(13)14-7)16-5-4-10(6-16)9(3)17/h9-10,17H,4-6H2,1-3H3. The highest BCUT2D eigenvalue weighted by atomic mass is 35.5. The largest absolute Gasteiger partial charge is 0.393 e. The lowest BCUT2D eigenvalue weighted by molar-refractivity contribution is 0.136. The van der Waals surface area contributed by atoms with Gasteiger partial charge in [0.1, 0.15) is 0 Å². The van der Waals surface area contributed by atoms with Crippen molar-refractivity contribution in [1.82, 2.24) is 9.97 Å². The number of hydrogen-bond donors (Lipinski definition) is 1. The fourth-order valence-electron chi connectivity index (χ4n) is 2.14. The van der Waals surface area contributed by atoms with Gasteiger partial charge in [0.2, 0.25) is 0 Å². The molecular weight excluding hydrogens is 238 g/mol. The van der Waals surface area contributed by atoms with Crippen LogP contribution in [0.3, 0.4) is 0 Å². The van der Waals surface area contributed by atoms with Crippen LogP contribution in [0.25, 0.3) is 0 Å². The van der Waals surface area contributed by atoms with Gasteiger partial charge in [-0.25, -0.2) is 9.97 Å². The molecule has 0 bridgehead atoms. The molecule has 2 unspecified atom stereocenters. The van der Waals surface area contributed by atoms with Crippen LogP contribution >= 0.6 is 11.6 Å². The van der Waals surface area contributed by atoms with E-state index in [0.717, 1.165) is 36.7 Å². The average molecular weight is 256 g/mol. The van der Waals surface area contributed by atoms with E-state index in [0.29, 0.717) is 11.1 Å². The smallest absolute Gasteiger partial charge is 0.171 e. The van der Waals surface area contributed by atoms with Gasteiger partial charge in [0.05, 0.1) is 17.5 Å². The van der Waals surface area contributed by atoms with Crippen molar-refractivity contribution >= 4 is 17.4 Å². The topological polar surface area (TPSA) is 49.2 Å². The molecule has 94 valence electrons. The molecule has 1 fully saturated rings. The van der Waals surface area contributed by atoms with Crippen molar-refractivity contribution in [2.75, 3.05) is 18.0 Å². The van der Waals surface area contributed by atoms with Crippen molar-refractivity contribution in [2.24, 2.45) is 5.92 Å². The summed E-state index contributed by atoms with van der Waals surface area (Å²) in [6, 6.07) is 0. The van der Waals surface area contributed by atoms with Gasteiger partial charge >= 0.3 is 0 Å². The molecule has 0 aromatic carbocycles. The number of anilines is 1. The number of aromatic nitrogens is 2. The highest BCUT2D eigenvalue weighted by Crippen LogP contribution is 2.29. The van der Waals surface area contributed by atoms with Crippen molar-refractivity contribution in [3.8, 4) is 0 Å². The Morgan fingerprint density at radius 3 is 2.59 bits per heavy atom. The van der Waals surface area contributed by atoms with Crippen molar-refractivity contribution < 1.29 is 5.11 Å². The third-order valence-corrected chi connectivity index (χ3v) is 3.71. The van der Waals surface area contributed by atoms with Crippen LogP contribution in [0, 0.1) is 19.8 Å². The predicted molar refractivity (Wildman–Crippen MR) is 68.5 cm³/mol. The van der Waals surface area contributed by atoms with Crippen molar-refractivity contribution in [1.29, 1.82) is 0 Å². The summed E-state index contributed by atoms with van der Waals surface area (Å²) in [5.74, 6) is 1.05. The summed E-state index contributed by atoms with van der Waals surface area (Å²) in [5, 5.41) is 10.0. The third kappa shape index (κ3) is 2.53. The van der Waals surface area contributed by atoms with Crippen molar-refractivity contribution in [3.05, 3.63) is 16.5 Å². The minimum Gasteiger partial charge on any atom is -0.393 e. The first-order chi connectivity index (χ1) is 7.99. The van der Waals surface area contributed by atoms with E-state index in [2.05, 4.69) is 14.9 Å². The van der Waals surface area contributed by atoms with Gasteiger partial charge < -0.3 is 10.0 Å². The summed E-state index contributed by atoms with van der Waals surface area (Å²) >= 11 is 6.13. The molecule has 2 rings (SSSR count). The summed E-state index contributed by atoms with van der Waals surface area (Å²) in [5.41, 5.74) is 1.77. The Bertz CT molecular complexity index is 422. The van der Waals surface area contributed by atoms with Crippen LogP contribution in [0.2, 0.25) is 5.15 Å². The van der Waals surface area contributed by atoms with Crippen LogP contribution in [0.5, 0.6) is 0 Å². The van der Waals surface area contributed by atoms with E-state index in [1.54, 1.807) is 0 Å². The van der Waals surface area contributed by atoms with Crippen LogP contribution in [0.4, 0.5) is 5.82 Å². The maximum atomic E-state index is 9.59. The summed E-state index contributed by atoms with van der Waals surface area (Å²) in [6.45, 7) is 7.35. The molecule has 0 spiro atoms. The van der Waals surface area contributed by atoms with E-state index >= 15 is 0 Å². The maximum absolute atomic E-state index is 9.59. The van der Waals surface area contributed by atoms with E-state index < -0.39 is 0 Å². The number of aryl methyl sites for hydroxylation is 2. The molecule has 1 aliphatic heterocycles. The van der Waals surface area contributed by atoms with Crippen LogP contribution in [0.1, 0.15) is 24.7 Å². The molecular formula is C12H18ClN3O. The van der Waals surface area contributed by atoms with E-state index in [-0.39, 0.29) is 6.10 Å². The Hall–Kier alpha value is -0.870. The monoisotopic (exact) mass is 255 g/mol. The summed E-state index contributed by atoms with van der Waals surface area (Å²) < 4.78 is 0. The first kappa shape index (κ1) is 12.6. The van der Waals surface area contributed by atoms with Crippen molar-refractivity contribution in [3.63, 3.8) is 0 Å². The maximum Gasteiger partial charge on any atom is 0.171 e. The number of nitrogens with zero attached hydrogens (tertiary/aromatic N) is 3. The highest BCUT2D eigenvalue weighted by Gasteiger charge is 2.28. The molecule has 0 saturated carbocycles. The normalized spacial score (nSPS) is 21.9. The van der Waals surface area contributed by atoms with Crippen LogP contribution in [-0.2, 0) is 0 Å². The molecule has 1 N–H and O–H groups in total.